The second kappa shape index (κ2) is 8.28. The van der Waals surface area contributed by atoms with Crippen molar-refractivity contribution in [1.82, 2.24) is 4.98 Å². The number of hydrogen-bond donors (Lipinski definition) is 2. The zero-order valence-corrected chi connectivity index (χ0v) is 15.9. The van der Waals surface area contributed by atoms with E-state index in [9.17, 15) is 9.90 Å². The summed E-state index contributed by atoms with van der Waals surface area (Å²) in [4.78, 5) is 14.1. The highest BCUT2D eigenvalue weighted by Crippen LogP contribution is 2.30. The largest absolute Gasteiger partial charge is 0.491 e. The average Bonchev–Trinajstić information content (AvgIpc) is 3.34. The van der Waals surface area contributed by atoms with Gasteiger partial charge in [0.15, 0.2) is 0 Å². The van der Waals surface area contributed by atoms with Gasteiger partial charge in [0.25, 0.3) is 0 Å². The lowest BCUT2D eigenvalue weighted by atomic mass is 10.2. The number of aromatic carboxylic acids is 1. The number of rotatable bonds is 9. The van der Waals surface area contributed by atoms with Gasteiger partial charge in [-0.25, -0.2) is 4.79 Å². The van der Waals surface area contributed by atoms with Crippen molar-refractivity contribution in [2.24, 2.45) is 0 Å². The van der Waals surface area contributed by atoms with E-state index in [0.717, 1.165) is 22.1 Å². The quantitative estimate of drug-likeness (QED) is 0.402. The van der Waals surface area contributed by atoms with Crippen molar-refractivity contribution in [3.63, 3.8) is 0 Å². The fraction of sp³-hybridized carbons (Fsp3) is 0.227. The number of H-pyrrole nitrogens is 1. The highest BCUT2D eigenvalue weighted by Gasteiger charge is 2.13. The smallest absolute Gasteiger partial charge is 0.352 e. The Kier molecular flexibility index (Phi) is 5.39. The standard InChI is InChI=1S/C22H21NO6/c1-2-26-8-9-27-15-6-7-16-14(13-29-21(16)10-15)12-28-20-5-3-4-18-17(20)11-19(23-18)22(24)25/h3-7,10-11,13,23H,2,8-9,12H2,1H3,(H,24,25). The van der Waals surface area contributed by atoms with E-state index in [1.165, 1.54) is 0 Å². The Morgan fingerprint density at radius 3 is 2.83 bits per heavy atom. The third-order valence-electron chi connectivity index (χ3n) is 4.57. The number of hydrogen-bond acceptors (Lipinski definition) is 5. The molecule has 29 heavy (non-hydrogen) atoms. The molecule has 0 fully saturated rings. The molecule has 4 rings (SSSR count). The molecule has 0 amide bonds. The fourth-order valence-corrected chi connectivity index (χ4v) is 3.15. The molecule has 0 aliphatic rings. The summed E-state index contributed by atoms with van der Waals surface area (Å²) in [7, 11) is 0. The van der Waals surface area contributed by atoms with Crippen LogP contribution in [0.1, 0.15) is 23.0 Å². The van der Waals surface area contributed by atoms with Crippen molar-refractivity contribution in [1.29, 1.82) is 0 Å². The molecule has 7 nitrogen and oxygen atoms in total. The third kappa shape index (κ3) is 4.05. The van der Waals surface area contributed by atoms with Crippen molar-refractivity contribution in [3.05, 3.63) is 60.0 Å². The third-order valence-corrected chi connectivity index (χ3v) is 4.57. The highest BCUT2D eigenvalue weighted by atomic mass is 16.5. The summed E-state index contributed by atoms with van der Waals surface area (Å²) in [6.07, 6.45) is 1.66. The summed E-state index contributed by atoms with van der Waals surface area (Å²) in [5.74, 6) is 0.320. The Bertz CT molecular complexity index is 1140. The van der Waals surface area contributed by atoms with Gasteiger partial charge in [-0.3, -0.25) is 0 Å². The first kappa shape index (κ1) is 18.9. The molecule has 150 valence electrons. The second-order valence-corrected chi connectivity index (χ2v) is 6.46. The van der Waals surface area contributed by atoms with Crippen LogP contribution in [0.2, 0.25) is 0 Å². The first-order valence-electron chi connectivity index (χ1n) is 9.34. The molecular weight excluding hydrogens is 374 g/mol. The number of ether oxygens (including phenoxy) is 3. The normalized spacial score (nSPS) is 11.2. The van der Waals surface area contributed by atoms with Crippen LogP contribution in [0.5, 0.6) is 11.5 Å². The van der Waals surface area contributed by atoms with Crippen LogP contribution >= 0.6 is 0 Å². The van der Waals surface area contributed by atoms with E-state index in [0.29, 0.717) is 43.3 Å². The number of benzene rings is 2. The number of aromatic amines is 1. The van der Waals surface area contributed by atoms with E-state index in [4.69, 9.17) is 18.6 Å². The minimum absolute atomic E-state index is 0.127. The SMILES string of the molecule is CCOCCOc1ccc2c(COc3cccc4[nH]c(C(=O)O)cc34)coc2c1. The van der Waals surface area contributed by atoms with Gasteiger partial charge in [0.2, 0.25) is 0 Å². The summed E-state index contributed by atoms with van der Waals surface area (Å²) in [6, 6.07) is 12.7. The van der Waals surface area contributed by atoms with Crippen LogP contribution in [0.15, 0.2) is 53.1 Å². The Hall–Kier alpha value is -3.45. The molecule has 2 N–H and O–H groups in total. The fourth-order valence-electron chi connectivity index (χ4n) is 3.15. The van der Waals surface area contributed by atoms with E-state index >= 15 is 0 Å². The molecule has 0 atom stereocenters. The lowest BCUT2D eigenvalue weighted by molar-refractivity contribution is 0.0691. The molecule has 0 spiro atoms. The van der Waals surface area contributed by atoms with Crippen molar-refractivity contribution < 1.29 is 28.5 Å². The van der Waals surface area contributed by atoms with Crippen LogP contribution in [0.25, 0.3) is 21.9 Å². The van der Waals surface area contributed by atoms with Gasteiger partial charge in [-0.15, -0.1) is 0 Å². The molecule has 0 bridgehead atoms. The molecule has 2 aromatic carbocycles. The molecule has 2 heterocycles. The number of fused-ring (bicyclic) bond motifs is 2. The van der Waals surface area contributed by atoms with E-state index in [1.807, 2.05) is 43.3 Å². The lowest BCUT2D eigenvalue weighted by Gasteiger charge is -2.07. The molecule has 2 aromatic heterocycles. The van der Waals surface area contributed by atoms with Gasteiger partial charge < -0.3 is 28.7 Å². The topological polar surface area (TPSA) is 93.9 Å². The molecule has 0 saturated carbocycles. The molecular formula is C22H21NO6. The van der Waals surface area contributed by atoms with Gasteiger partial charge in [-0.05, 0) is 37.3 Å². The van der Waals surface area contributed by atoms with Gasteiger partial charge in [-0.1, -0.05) is 6.07 Å². The second-order valence-electron chi connectivity index (χ2n) is 6.46. The maximum Gasteiger partial charge on any atom is 0.352 e. The minimum atomic E-state index is -1.01. The number of carboxylic acid groups (broad SMARTS) is 1. The summed E-state index contributed by atoms with van der Waals surface area (Å²) >= 11 is 0. The first-order chi connectivity index (χ1) is 14.2. The summed E-state index contributed by atoms with van der Waals surface area (Å²) in [6.45, 7) is 3.93. The van der Waals surface area contributed by atoms with E-state index in [2.05, 4.69) is 4.98 Å². The first-order valence-corrected chi connectivity index (χ1v) is 9.34. The van der Waals surface area contributed by atoms with Gasteiger partial charge in [0.1, 0.15) is 36.0 Å². The Morgan fingerprint density at radius 2 is 2.00 bits per heavy atom. The van der Waals surface area contributed by atoms with E-state index in [-0.39, 0.29) is 5.69 Å². The molecule has 0 saturated heterocycles. The predicted molar refractivity (Wildman–Crippen MR) is 108 cm³/mol. The van der Waals surface area contributed by atoms with Crippen LogP contribution in [-0.4, -0.2) is 35.9 Å². The van der Waals surface area contributed by atoms with Crippen LogP contribution in [-0.2, 0) is 11.3 Å². The maximum atomic E-state index is 11.2. The van der Waals surface area contributed by atoms with Crippen molar-refractivity contribution >= 4 is 27.8 Å². The zero-order valence-electron chi connectivity index (χ0n) is 15.9. The van der Waals surface area contributed by atoms with E-state index < -0.39 is 5.97 Å². The van der Waals surface area contributed by atoms with Crippen molar-refractivity contribution in [3.8, 4) is 11.5 Å². The van der Waals surface area contributed by atoms with E-state index in [1.54, 1.807) is 12.3 Å². The van der Waals surface area contributed by atoms with Crippen LogP contribution in [0.4, 0.5) is 0 Å². The minimum Gasteiger partial charge on any atom is -0.491 e. The summed E-state index contributed by atoms with van der Waals surface area (Å²) in [5.41, 5.74) is 2.45. The van der Waals surface area contributed by atoms with Crippen molar-refractivity contribution in [2.45, 2.75) is 13.5 Å². The van der Waals surface area contributed by atoms with Gasteiger partial charge in [0.05, 0.1) is 12.9 Å². The van der Waals surface area contributed by atoms with Gasteiger partial charge >= 0.3 is 5.97 Å². The number of aromatic nitrogens is 1. The Labute approximate surface area is 166 Å². The van der Waals surface area contributed by atoms with Crippen LogP contribution in [0, 0.1) is 0 Å². The zero-order chi connectivity index (χ0) is 20.2. The Morgan fingerprint density at radius 1 is 1.10 bits per heavy atom. The monoisotopic (exact) mass is 395 g/mol. The number of carbonyl (C=O) groups is 1. The molecule has 7 heteroatoms. The molecule has 0 radical (unpaired) electrons. The number of carboxylic acids is 1. The van der Waals surface area contributed by atoms with Gasteiger partial charge in [-0.2, -0.15) is 0 Å². The summed E-state index contributed by atoms with van der Waals surface area (Å²) in [5, 5.41) is 10.8. The van der Waals surface area contributed by atoms with Crippen molar-refractivity contribution in [2.75, 3.05) is 19.8 Å². The maximum absolute atomic E-state index is 11.2. The van der Waals surface area contributed by atoms with Gasteiger partial charge in [0, 0.05) is 34.5 Å². The predicted octanol–water partition coefficient (Wildman–Crippen LogP) is 4.61. The Balaban J connectivity index is 1.49. The molecule has 4 aromatic rings. The summed E-state index contributed by atoms with van der Waals surface area (Å²) < 4.78 is 22.5. The number of nitrogens with one attached hydrogen (secondary N) is 1. The lowest BCUT2D eigenvalue weighted by Crippen LogP contribution is -2.06. The van der Waals surface area contributed by atoms with Crippen LogP contribution < -0.4 is 9.47 Å². The molecule has 0 aliphatic carbocycles. The number of furan rings is 1. The highest BCUT2D eigenvalue weighted by molar-refractivity contribution is 5.96. The van der Waals surface area contributed by atoms with Crippen LogP contribution in [0.3, 0.4) is 0 Å². The molecule has 0 unspecified atom stereocenters. The average molecular weight is 395 g/mol. The molecule has 0 aliphatic heterocycles.